The molecule has 1 heterocycles. The minimum atomic E-state index is -0.597. The van der Waals surface area contributed by atoms with Crippen LogP contribution in [0.15, 0.2) is 11.6 Å². The largest absolute Gasteiger partial charge is 0.458 e. The molecular formula is C23H35NO3. The quantitative estimate of drug-likeness (QED) is 0.689. The molecule has 0 spiro atoms. The van der Waals surface area contributed by atoms with Crippen molar-refractivity contribution >= 4 is 5.97 Å². The van der Waals surface area contributed by atoms with E-state index in [0.29, 0.717) is 35.8 Å². The summed E-state index contributed by atoms with van der Waals surface area (Å²) in [4.78, 5) is 11.6. The summed E-state index contributed by atoms with van der Waals surface area (Å²) in [5.74, 6) is 1.84. The Hall–Kier alpha value is -0.870. The molecule has 0 saturated heterocycles. The summed E-state index contributed by atoms with van der Waals surface area (Å²) in [5, 5.41) is 12.1. The molecule has 4 saturated carbocycles. The molecule has 0 radical (unpaired) electrons. The van der Waals surface area contributed by atoms with Crippen molar-refractivity contribution in [3.8, 4) is 0 Å². The van der Waals surface area contributed by atoms with E-state index in [4.69, 9.17) is 10.5 Å². The number of esters is 1. The van der Waals surface area contributed by atoms with Crippen molar-refractivity contribution in [1.82, 2.24) is 0 Å². The first kappa shape index (κ1) is 18.2. The van der Waals surface area contributed by atoms with E-state index in [1.165, 1.54) is 25.7 Å². The van der Waals surface area contributed by atoms with Crippen LogP contribution in [0.3, 0.4) is 0 Å². The van der Waals surface area contributed by atoms with Gasteiger partial charge < -0.3 is 15.6 Å². The average molecular weight is 374 g/mol. The highest BCUT2D eigenvalue weighted by Crippen LogP contribution is 2.69. The summed E-state index contributed by atoms with van der Waals surface area (Å²) < 4.78 is 5.21. The molecule has 5 rings (SSSR count). The third-order valence-corrected chi connectivity index (χ3v) is 10.0. The molecule has 5 aliphatic rings. The minimum Gasteiger partial charge on any atom is -0.458 e. The Morgan fingerprint density at radius 1 is 1.07 bits per heavy atom. The summed E-state index contributed by atoms with van der Waals surface area (Å²) in [6.07, 6.45) is 11.7. The van der Waals surface area contributed by atoms with Gasteiger partial charge in [0.25, 0.3) is 0 Å². The lowest BCUT2D eigenvalue weighted by atomic mass is 9.43. The van der Waals surface area contributed by atoms with Crippen molar-refractivity contribution in [2.75, 3.05) is 6.61 Å². The van der Waals surface area contributed by atoms with Crippen LogP contribution in [0.1, 0.15) is 71.6 Å². The predicted octanol–water partition coefficient (Wildman–Crippen LogP) is 3.57. The topological polar surface area (TPSA) is 72.6 Å². The molecule has 8 atom stereocenters. The highest BCUT2D eigenvalue weighted by molar-refractivity contribution is 5.85. The monoisotopic (exact) mass is 373 g/mol. The molecule has 0 aromatic rings. The van der Waals surface area contributed by atoms with Gasteiger partial charge >= 0.3 is 5.97 Å². The maximum atomic E-state index is 12.1. The molecule has 3 N–H and O–H groups in total. The number of aliphatic hydroxyl groups is 1. The van der Waals surface area contributed by atoms with E-state index in [0.717, 1.165) is 43.6 Å². The maximum Gasteiger partial charge on any atom is 0.331 e. The van der Waals surface area contributed by atoms with Crippen LogP contribution in [-0.2, 0) is 9.53 Å². The van der Waals surface area contributed by atoms with Crippen LogP contribution in [0.25, 0.3) is 0 Å². The average Bonchev–Trinajstić information content (AvgIpc) is 3.16. The van der Waals surface area contributed by atoms with E-state index in [2.05, 4.69) is 13.8 Å². The summed E-state index contributed by atoms with van der Waals surface area (Å²) >= 11 is 0. The second-order valence-corrected chi connectivity index (χ2v) is 10.8. The summed E-state index contributed by atoms with van der Waals surface area (Å²) in [6, 6.07) is 0.374. The van der Waals surface area contributed by atoms with Gasteiger partial charge in [0.1, 0.15) is 6.61 Å². The van der Waals surface area contributed by atoms with Crippen molar-refractivity contribution in [2.24, 2.45) is 40.2 Å². The fourth-order valence-electron chi connectivity index (χ4n) is 8.44. The molecule has 4 nitrogen and oxygen atoms in total. The molecule has 0 aromatic carbocycles. The van der Waals surface area contributed by atoms with Crippen LogP contribution >= 0.6 is 0 Å². The van der Waals surface area contributed by atoms with E-state index in [1.54, 1.807) is 6.08 Å². The van der Waals surface area contributed by atoms with Crippen LogP contribution in [0.2, 0.25) is 0 Å². The third-order valence-electron chi connectivity index (χ3n) is 10.0. The summed E-state index contributed by atoms with van der Waals surface area (Å²) in [7, 11) is 0. The molecular weight excluding hydrogens is 338 g/mol. The number of hydrogen-bond acceptors (Lipinski definition) is 4. The van der Waals surface area contributed by atoms with Gasteiger partial charge in [-0.05, 0) is 92.4 Å². The van der Waals surface area contributed by atoms with E-state index in [1.807, 2.05) is 0 Å². The van der Waals surface area contributed by atoms with Crippen LogP contribution in [0, 0.1) is 34.5 Å². The van der Waals surface area contributed by atoms with Crippen molar-refractivity contribution in [3.05, 3.63) is 11.6 Å². The molecule has 1 aliphatic heterocycles. The number of nitrogens with two attached hydrogens (primary N) is 1. The van der Waals surface area contributed by atoms with Crippen LogP contribution in [-0.4, -0.2) is 29.3 Å². The van der Waals surface area contributed by atoms with Crippen molar-refractivity contribution < 1.29 is 14.6 Å². The molecule has 0 aromatic heterocycles. The highest BCUT2D eigenvalue weighted by atomic mass is 16.5. The lowest BCUT2D eigenvalue weighted by molar-refractivity contribution is -0.204. The minimum absolute atomic E-state index is 0.123. The Balaban J connectivity index is 1.47. The number of fused-ring (bicyclic) bond motifs is 5. The number of hydrogen-bond donors (Lipinski definition) is 2. The van der Waals surface area contributed by atoms with Crippen molar-refractivity contribution in [1.29, 1.82) is 0 Å². The van der Waals surface area contributed by atoms with Gasteiger partial charge in [0, 0.05) is 17.5 Å². The molecule has 27 heavy (non-hydrogen) atoms. The molecule has 0 bridgehead atoms. The number of cyclic esters (lactones) is 1. The maximum absolute atomic E-state index is 12.1. The zero-order valence-electron chi connectivity index (χ0n) is 16.9. The van der Waals surface area contributed by atoms with Crippen LogP contribution in [0.5, 0.6) is 0 Å². The van der Waals surface area contributed by atoms with Gasteiger partial charge in [-0.2, -0.15) is 0 Å². The molecule has 4 aliphatic carbocycles. The zero-order chi connectivity index (χ0) is 19.0. The van der Waals surface area contributed by atoms with E-state index in [-0.39, 0.29) is 11.4 Å². The van der Waals surface area contributed by atoms with E-state index in [9.17, 15) is 9.90 Å². The van der Waals surface area contributed by atoms with Crippen molar-refractivity contribution in [2.45, 2.75) is 83.3 Å². The second-order valence-electron chi connectivity index (χ2n) is 10.8. The van der Waals surface area contributed by atoms with Gasteiger partial charge in [0.05, 0.1) is 5.60 Å². The Labute approximate surface area is 162 Å². The second kappa shape index (κ2) is 5.82. The van der Waals surface area contributed by atoms with Gasteiger partial charge in [0.15, 0.2) is 0 Å². The van der Waals surface area contributed by atoms with Crippen LogP contribution < -0.4 is 5.73 Å². The number of ether oxygens (including phenoxy) is 1. The normalized spacial score (nSPS) is 54.6. The zero-order valence-corrected chi connectivity index (χ0v) is 16.9. The van der Waals surface area contributed by atoms with Crippen molar-refractivity contribution in [3.63, 3.8) is 0 Å². The summed E-state index contributed by atoms with van der Waals surface area (Å²) in [6.45, 7) is 5.24. The molecule has 4 heteroatoms. The van der Waals surface area contributed by atoms with Gasteiger partial charge in [-0.15, -0.1) is 0 Å². The third kappa shape index (κ3) is 2.32. The Morgan fingerprint density at radius 2 is 1.89 bits per heavy atom. The van der Waals surface area contributed by atoms with Gasteiger partial charge in [0.2, 0.25) is 0 Å². The summed E-state index contributed by atoms with van der Waals surface area (Å²) in [5.41, 5.74) is 7.06. The fraction of sp³-hybridized carbons (Fsp3) is 0.870. The SMILES string of the molecule is C[C@]12CCC(N)C[C@H]1CC[C@@H]1[C@@H]2CC[C@]2(C)[C@@H](C3=CC(=O)OC3)CC[C@]12O. The highest BCUT2D eigenvalue weighted by Gasteiger charge is 2.67. The van der Waals surface area contributed by atoms with Gasteiger partial charge in [-0.3, -0.25) is 0 Å². The Morgan fingerprint density at radius 3 is 2.63 bits per heavy atom. The van der Waals surface area contributed by atoms with Crippen LogP contribution in [0.4, 0.5) is 0 Å². The molecule has 1 unspecified atom stereocenters. The van der Waals surface area contributed by atoms with Gasteiger partial charge in [-0.1, -0.05) is 13.8 Å². The Bertz CT molecular complexity index is 689. The fourth-order valence-corrected chi connectivity index (χ4v) is 8.44. The van der Waals surface area contributed by atoms with E-state index < -0.39 is 5.60 Å². The lowest BCUT2D eigenvalue weighted by Gasteiger charge is -2.63. The number of rotatable bonds is 1. The first-order chi connectivity index (χ1) is 12.8. The predicted molar refractivity (Wildman–Crippen MR) is 104 cm³/mol. The first-order valence-electron chi connectivity index (χ1n) is 11.1. The van der Waals surface area contributed by atoms with Gasteiger partial charge in [-0.25, -0.2) is 4.79 Å². The number of carbonyl (C=O) groups excluding carboxylic acids is 1. The molecule has 4 fully saturated rings. The first-order valence-corrected chi connectivity index (χ1v) is 11.1. The Kier molecular flexibility index (Phi) is 3.92. The molecule has 0 amide bonds. The standard InChI is InChI=1S/C23H35NO3/c1-21-8-5-16(24)12-15(21)3-4-19-18(21)6-9-22(2)17(7-10-23(19,22)26)14-11-20(25)27-13-14/h11,15-19,26H,3-10,12-13,24H2,1-2H3/t15-,16?,17-,18+,19-,21+,22-,23+/m1/s1. The molecule has 150 valence electrons. The lowest BCUT2D eigenvalue weighted by Crippen LogP contribution is -2.62. The smallest absolute Gasteiger partial charge is 0.331 e. The van der Waals surface area contributed by atoms with E-state index >= 15 is 0 Å². The number of carbonyl (C=O) groups is 1.